The Kier molecular flexibility index (Phi) is 5.08. The van der Waals surface area contributed by atoms with Crippen LogP contribution in [0, 0.1) is 17.2 Å². The molecule has 0 aliphatic carbocycles. The van der Waals surface area contributed by atoms with Gasteiger partial charge in [-0.05, 0) is 40.0 Å². The Morgan fingerprint density at radius 2 is 2.15 bits per heavy atom. The third-order valence-electron chi connectivity index (χ3n) is 5.42. The van der Waals surface area contributed by atoms with Crippen molar-refractivity contribution >= 4 is 6.09 Å². The van der Waals surface area contributed by atoms with E-state index in [0.717, 1.165) is 24.1 Å². The molecule has 1 saturated heterocycles. The summed E-state index contributed by atoms with van der Waals surface area (Å²) in [5, 5.41) is 17.2. The third kappa shape index (κ3) is 3.48. The molecular formula is C19H29N5O3. The second kappa shape index (κ2) is 7.04. The molecule has 2 atom stereocenters. The minimum atomic E-state index is -0.728. The number of nitrogens with zero attached hydrogens (tertiary/aromatic N) is 3. The van der Waals surface area contributed by atoms with Gasteiger partial charge in [0.15, 0.2) is 6.23 Å². The number of fused-ring (bicyclic) bond motifs is 2. The minimum Gasteiger partial charge on any atom is -0.456 e. The predicted octanol–water partition coefficient (Wildman–Crippen LogP) is 2.45. The molecule has 0 saturated carbocycles. The lowest BCUT2D eigenvalue weighted by Gasteiger charge is -2.48. The maximum absolute atomic E-state index is 12.4. The smallest absolute Gasteiger partial charge is 0.410 e. The van der Waals surface area contributed by atoms with Crippen molar-refractivity contribution in [2.24, 2.45) is 11.7 Å². The molecule has 8 nitrogen and oxygen atoms in total. The van der Waals surface area contributed by atoms with Crippen LogP contribution in [0.2, 0.25) is 0 Å². The summed E-state index contributed by atoms with van der Waals surface area (Å²) in [4.78, 5) is 14.1. The number of nitrogens with two attached hydrogens (primary N) is 1. The lowest BCUT2D eigenvalue weighted by atomic mass is 9.63. The number of amides is 1. The highest BCUT2D eigenvalue weighted by molar-refractivity contribution is 5.68. The summed E-state index contributed by atoms with van der Waals surface area (Å²) in [6, 6.07) is 2.37. The molecular weight excluding hydrogens is 346 g/mol. The first-order valence-electron chi connectivity index (χ1n) is 9.59. The molecule has 2 unspecified atom stereocenters. The zero-order valence-corrected chi connectivity index (χ0v) is 16.5. The van der Waals surface area contributed by atoms with Crippen molar-refractivity contribution in [1.29, 1.82) is 5.26 Å². The number of H-pyrrole nitrogens is 1. The Morgan fingerprint density at radius 3 is 2.70 bits per heavy atom. The number of nitrogens with one attached hydrogen (secondary N) is 1. The molecule has 2 aliphatic rings. The van der Waals surface area contributed by atoms with Gasteiger partial charge in [-0.15, -0.1) is 5.10 Å². The van der Waals surface area contributed by atoms with Gasteiger partial charge in [-0.3, -0.25) is 10.8 Å². The highest BCUT2D eigenvalue weighted by Crippen LogP contribution is 2.50. The zero-order valence-electron chi connectivity index (χ0n) is 16.5. The van der Waals surface area contributed by atoms with Crippen molar-refractivity contribution in [3.8, 4) is 11.9 Å². The molecule has 1 aromatic rings. The van der Waals surface area contributed by atoms with Gasteiger partial charge in [-0.2, -0.15) is 5.26 Å². The molecule has 2 aliphatic heterocycles. The van der Waals surface area contributed by atoms with Gasteiger partial charge in [0.1, 0.15) is 11.5 Å². The Morgan fingerprint density at radius 1 is 1.48 bits per heavy atom. The highest BCUT2D eigenvalue weighted by Gasteiger charge is 2.54. The number of aromatic amines is 1. The van der Waals surface area contributed by atoms with Gasteiger partial charge in [0.2, 0.25) is 5.88 Å². The van der Waals surface area contributed by atoms with E-state index in [1.54, 1.807) is 4.90 Å². The Bertz CT molecular complexity index is 724. The zero-order chi connectivity index (χ0) is 19.8. The Hall–Kier alpha value is -2.27. The van der Waals surface area contributed by atoms with Crippen molar-refractivity contribution in [3.63, 3.8) is 0 Å². The first-order chi connectivity index (χ1) is 12.7. The normalized spacial score (nSPS) is 24.1. The summed E-state index contributed by atoms with van der Waals surface area (Å²) in [6.07, 6.45) is 2.00. The van der Waals surface area contributed by atoms with E-state index in [0.29, 0.717) is 31.8 Å². The number of hydrogen-bond acceptors (Lipinski definition) is 6. The lowest BCUT2D eigenvalue weighted by Crippen LogP contribution is -2.57. The molecule has 1 aromatic heterocycles. The number of aryl methyl sites for hydroxylation is 1. The van der Waals surface area contributed by atoms with E-state index in [1.165, 1.54) is 0 Å². The van der Waals surface area contributed by atoms with Gasteiger partial charge in [0.05, 0.1) is 6.07 Å². The number of hydrogen-bond donors (Lipinski definition) is 2. The number of carbonyl (C=O) groups is 1. The van der Waals surface area contributed by atoms with Crippen molar-refractivity contribution in [2.75, 3.05) is 13.1 Å². The second-order valence-electron chi connectivity index (χ2n) is 8.45. The number of likely N-dealkylation sites (tertiary alicyclic amines) is 1. The molecule has 0 bridgehead atoms. The molecule has 3 heterocycles. The van der Waals surface area contributed by atoms with Gasteiger partial charge in [0.25, 0.3) is 0 Å². The standard InChI is InChI=1S/C19H29N5O3/c1-5-6-13-14-16(23-22-13)26-15(21)12(11-20)19(14)7-9-24(10-8-19)17(25)27-18(2,3)4/h12,15H,5-10,21H2,1-4H3,(H,22,23). The first kappa shape index (κ1) is 19.5. The summed E-state index contributed by atoms with van der Waals surface area (Å²) < 4.78 is 11.2. The predicted molar refractivity (Wildman–Crippen MR) is 99.0 cm³/mol. The largest absolute Gasteiger partial charge is 0.456 e. The summed E-state index contributed by atoms with van der Waals surface area (Å²) in [5.41, 5.74) is 7.15. The first-order valence-corrected chi connectivity index (χ1v) is 9.59. The number of ether oxygens (including phenoxy) is 2. The average Bonchev–Trinajstić information content (AvgIpc) is 2.98. The number of nitriles is 1. The van der Waals surface area contributed by atoms with Crippen LogP contribution < -0.4 is 10.5 Å². The van der Waals surface area contributed by atoms with E-state index in [4.69, 9.17) is 15.2 Å². The highest BCUT2D eigenvalue weighted by atomic mass is 16.6. The second-order valence-corrected chi connectivity index (χ2v) is 8.45. The van der Waals surface area contributed by atoms with Crippen LogP contribution >= 0.6 is 0 Å². The fourth-order valence-corrected chi connectivity index (χ4v) is 4.23. The molecule has 8 heteroatoms. The fourth-order valence-electron chi connectivity index (χ4n) is 4.23. The number of piperidine rings is 1. The van der Waals surface area contributed by atoms with Crippen LogP contribution in [0.15, 0.2) is 0 Å². The van der Waals surface area contributed by atoms with Crippen molar-refractivity contribution < 1.29 is 14.3 Å². The Labute approximate surface area is 160 Å². The number of carbonyl (C=O) groups excluding carboxylic acids is 1. The molecule has 1 fully saturated rings. The summed E-state index contributed by atoms with van der Waals surface area (Å²) in [6.45, 7) is 8.69. The lowest BCUT2D eigenvalue weighted by molar-refractivity contribution is 0.00256. The third-order valence-corrected chi connectivity index (χ3v) is 5.42. The fraction of sp³-hybridized carbons (Fsp3) is 0.737. The molecule has 148 valence electrons. The number of aromatic nitrogens is 2. The van der Waals surface area contributed by atoms with Gasteiger partial charge >= 0.3 is 6.09 Å². The topological polar surface area (TPSA) is 117 Å². The van der Waals surface area contributed by atoms with Crippen molar-refractivity contribution in [2.45, 2.75) is 70.6 Å². The molecule has 3 N–H and O–H groups in total. The summed E-state index contributed by atoms with van der Waals surface area (Å²) in [5.74, 6) is 0.0159. The molecule has 27 heavy (non-hydrogen) atoms. The van der Waals surface area contributed by atoms with E-state index < -0.39 is 23.2 Å². The average molecular weight is 375 g/mol. The monoisotopic (exact) mass is 375 g/mol. The van der Waals surface area contributed by atoms with Crippen LogP contribution in [0.5, 0.6) is 5.88 Å². The summed E-state index contributed by atoms with van der Waals surface area (Å²) in [7, 11) is 0. The van der Waals surface area contributed by atoms with Gasteiger partial charge in [0, 0.05) is 29.8 Å². The Balaban J connectivity index is 1.90. The molecule has 0 aromatic carbocycles. The van der Waals surface area contributed by atoms with Crippen LogP contribution in [0.3, 0.4) is 0 Å². The SMILES string of the molecule is CCCc1[nH]nc2c1C1(CCN(C(=O)OC(C)(C)C)CC1)C(C#N)C(N)O2. The summed E-state index contributed by atoms with van der Waals surface area (Å²) >= 11 is 0. The van der Waals surface area contributed by atoms with Crippen LogP contribution in [0.1, 0.15) is 58.2 Å². The molecule has 0 radical (unpaired) electrons. The maximum atomic E-state index is 12.4. The van der Waals surface area contributed by atoms with E-state index in [9.17, 15) is 10.1 Å². The van der Waals surface area contributed by atoms with Crippen LogP contribution in [-0.4, -0.2) is 46.1 Å². The van der Waals surface area contributed by atoms with E-state index >= 15 is 0 Å². The van der Waals surface area contributed by atoms with Crippen molar-refractivity contribution in [3.05, 3.63) is 11.3 Å². The van der Waals surface area contributed by atoms with Gasteiger partial charge in [-0.25, -0.2) is 4.79 Å². The van der Waals surface area contributed by atoms with Gasteiger partial charge in [-0.1, -0.05) is 13.3 Å². The van der Waals surface area contributed by atoms with Crippen LogP contribution in [0.25, 0.3) is 0 Å². The molecule has 1 spiro atoms. The van der Waals surface area contributed by atoms with Crippen molar-refractivity contribution in [1.82, 2.24) is 15.1 Å². The van der Waals surface area contributed by atoms with E-state index in [1.807, 2.05) is 20.8 Å². The quantitative estimate of drug-likeness (QED) is 0.820. The van der Waals surface area contributed by atoms with Crippen LogP contribution in [0.4, 0.5) is 4.79 Å². The number of rotatable bonds is 2. The van der Waals surface area contributed by atoms with Gasteiger partial charge < -0.3 is 14.4 Å². The molecule has 3 rings (SSSR count). The minimum absolute atomic E-state index is 0.316. The molecule has 1 amide bonds. The van der Waals surface area contributed by atoms with E-state index in [2.05, 4.69) is 23.2 Å². The van der Waals surface area contributed by atoms with Crippen LogP contribution in [-0.2, 0) is 16.6 Å². The maximum Gasteiger partial charge on any atom is 0.410 e. The van der Waals surface area contributed by atoms with E-state index in [-0.39, 0.29) is 6.09 Å².